The Morgan fingerprint density at radius 3 is 2.47 bits per heavy atom. The van der Waals surface area contributed by atoms with Crippen LogP contribution in [-0.4, -0.2) is 40.5 Å². The Kier molecular flexibility index (Phi) is 6.74. The Bertz CT molecular complexity index is 324. The smallest absolute Gasteiger partial charge is 0.344 e. The van der Waals surface area contributed by atoms with Gasteiger partial charge in [0.15, 0.2) is 5.96 Å². The number of nitrogens with two attached hydrogens (primary N) is 3. The number of hydrogen-bond acceptors (Lipinski definition) is 4. The maximum Gasteiger partial charge on any atom is 0.344 e. The summed E-state index contributed by atoms with van der Waals surface area (Å²) in [7, 11) is -4.25. The van der Waals surface area contributed by atoms with Crippen LogP contribution in [0.15, 0.2) is 4.99 Å². The number of hydrogen-bond donors (Lipinski definition) is 6. The summed E-state index contributed by atoms with van der Waals surface area (Å²) in [5.41, 5.74) is 15.7. The summed E-state index contributed by atoms with van der Waals surface area (Å²) in [5, 5.41) is 2.06. The molecule has 0 heterocycles. The van der Waals surface area contributed by atoms with E-state index < -0.39 is 25.8 Å². The monoisotopic (exact) mass is 267 g/mol. The molecule has 1 atom stereocenters. The van der Waals surface area contributed by atoms with Crippen LogP contribution in [0.1, 0.15) is 12.8 Å². The summed E-state index contributed by atoms with van der Waals surface area (Å²) in [4.78, 5) is 32.0. The Morgan fingerprint density at radius 2 is 2.00 bits per heavy atom. The Morgan fingerprint density at radius 1 is 1.41 bits per heavy atom. The summed E-state index contributed by atoms with van der Waals surface area (Å²) in [6, 6.07) is -0.837. The molecule has 0 rings (SSSR count). The lowest BCUT2D eigenvalue weighted by molar-refractivity contribution is -0.122. The van der Waals surface area contributed by atoms with Gasteiger partial charge in [-0.05, 0) is 12.8 Å². The van der Waals surface area contributed by atoms with E-state index in [9.17, 15) is 9.36 Å². The molecule has 1 amide bonds. The second-order valence-electron chi connectivity index (χ2n) is 3.42. The molecule has 9 nitrogen and oxygen atoms in total. The molecule has 0 aliphatic carbocycles. The minimum Gasteiger partial charge on any atom is -0.370 e. The molecular formula is C7H18N5O4P. The highest BCUT2D eigenvalue weighted by Crippen LogP contribution is 2.31. The van der Waals surface area contributed by atoms with Gasteiger partial charge in [0.25, 0.3) is 0 Å². The third-order valence-electron chi connectivity index (χ3n) is 1.76. The third-order valence-corrected chi connectivity index (χ3v) is 2.33. The van der Waals surface area contributed by atoms with Gasteiger partial charge in [-0.3, -0.25) is 14.4 Å². The number of carbonyl (C=O) groups excluding carboxylic acids is 1. The van der Waals surface area contributed by atoms with Crippen LogP contribution in [0.4, 0.5) is 0 Å². The number of nitrogens with one attached hydrogen (secondary N) is 1. The van der Waals surface area contributed by atoms with Gasteiger partial charge in [-0.1, -0.05) is 0 Å². The summed E-state index contributed by atoms with van der Waals surface area (Å²) >= 11 is 0. The highest BCUT2D eigenvalue weighted by Gasteiger charge is 2.18. The lowest BCUT2D eigenvalue weighted by Gasteiger charge is -2.12. The molecule has 0 radical (unpaired) electrons. The molecule has 0 aliphatic heterocycles. The zero-order valence-electron chi connectivity index (χ0n) is 9.24. The average Bonchev–Trinajstić information content (AvgIpc) is 2.19. The second kappa shape index (κ2) is 7.23. The molecule has 10 heteroatoms. The van der Waals surface area contributed by atoms with Crippen molar-refractivity contribution in [2.45, 2.75) is 18.9 Å². The summed E-state index contributed by atoms with van der Waals surface area (Å²) in [6.45, 7) is 0.349. The predicted molar refractivity (Wildman–Crippen MR) is 62.9 cm³/mol. The molecule has 0 aromatic heterocycles. The van der Waals surface area contributed by atoms with Gasteiger partial charge in [-0.2, -0.15) is 0 Å². The molecule has 0 fully saturated rings. The van der Waals surface area contributed by atoms with E-state index in [2.05, 4.69) is 10.3 Å². The van der Waals surface area contributed by atoms with E-state index in [1.165, 1.54) is 0 Å². The summed E-state index contributed by atoms with van der Waals surface area (Å²) in [5.74, 6) is -0.650. The molecule has 0 saturated carbocycles. The van der Waals surface area contributed by atoms with Gasteiger partial charge in [-0.25, -0.2) is 0 Å². The van der Waals surface area contributed by atoms with E-state index in [1.54, 1.807) is 0 Å². The SMILES string of the molecule is NC(N)=NCCC[C@H](N)C(=O)NCP(=O)(O)O. The molecule has 0 bridgehead atoms. The van der Waals surface area contributed by atoms with E-state index in [1.807, 2.05) is 0 Å². The van der Waals surface area contributed by atoms with Gasteiger partial charge in [-0.15, -0.1) is 0 Å². The Labute approximate surface area is 98.6 Å². The van der Waals surface area contributed by atoms with E-state index in [4.69, 9.17) is 27.0 Å². The van der Waals surface area contributed by atoms with Crippen molar-refractivity contribution in [2.24, 2.45) is 22.2 Å². The molecule has 17 heavy (non-hydrogen) atoms. The number of nitrogens with zero attached hydrogens (tertiary/aromatic N) is 1. The van der Waals surface area contributed by atoms with E-state index in [0.717, 1.165) is 0 Å². The fourth-order valence-corrected chi connectivity index (χ4v) is 1.32. The first-order chi connectivity index (χ1) is 7.72. The molecule has 0 saturated heterocycles. The van der Waals surface area contributed by atoms with Gasteiger partial charge >= 0.3 is 7.60 Å². The first-order valence-electron chi connectivity index (χ1n) is 4.85. The summed E-state index contributed by atoms with van der Waals surface area (Å²) in [6.07, 6.45) is 0.111. The largest absolute Gasteiger partial charge is 0.370 e. The van der Waals surface area contributed by atoms with Gasteiger partial charge in [0.2, 0.25) is 5.91 Å². The van der Waals surface area contributed by atoms with Crippen LogP contribution in [0, 0.1) is 0 Å². The number of rotatable bonds is 7. The fourth-order valence-electron chi connectivity index (χ4n) is 0.962. The maximum absolute atomic E-state index is 11.3. The van der Waals surface area contributed by atoms with Crippen molar-refractivity contribution in [1.29, 1.82) is 0 Å². The number of aliphatic imine (C=N–C) groups is 1. The van der Waals surface area contributed by atoms with Crippen molar-refractivity contribution in [3.05, 3.63) is 0 Å². The average molecular weight is 267 g/mol. The van der Waals surface area contributed by atoms with Gasteiger partial charge in [0.1, 0.15) is 6.29 Å². The van der Waals surface area contributed by atoms with Crippen LogP contribution in [0.2, 0.25) is 0 Å². The van der Waals surface area contributed by atoms with Crippen LogP contribution in [0.3, 0.4) is 0 Å². The number of guanidine groups is 1. The van der Waals surface area contributed by atoms with Crippen LogP contribution in [-0.2, 0) is 9.36 Å². The second-order valence-corrected chi connectivity index (χ2v) is 5.06. The van der Waals surface area contributed by atoms with Gasteiger partial charge in [0.05, 0.1) is 6.04 Å². The van der Waals surface area contributed by atoms with Gasteiger partial charge < -0.3 is 32.3 Å². The predicted octanol–water partition coefficient (Wildman–Crippen LogP) is -2.38. The zero-order valence-corrected chi connectivity index (χ0v) is 10.1. The molecule has 0 aliphatic rings. The molecule has 0 aromatic carbocycles. The molecule has 0 spiro atoms. The third kappa shape index (κ3) is 9.76. The van der Waals surface area contributed by atoms with E-state index in [0.29, 0.717) is 19.4 Å². The Hall–Kier alpha value is -1.15. The molecule has 100 valence electrons. The van der Waals surface area contributed by atoms with Crippen LogP contribution < -0.4 is 22.5 Å². The van der Waals surface area contributed by atoms with Crippen LogP contribution in [0.25, 0.3) is 0 Å². The van der Waals surface area contributed by atoms with Crippen LogP contribution in [0.5, 0.6) is 0 Å². The minimum atomic E-state index is -4.25. The first-order valence-corrected chi connectivity index (χ1v) is 6.65. The zero-order chi connectivity index (χ0) is 13.5. The fraction of sp³-hybridized carbons (Fsp3) is 0.714. The molecule has 0 aromatic rings. The Balaban J connectivity index is 3.83. The summed E-state index contributed by atoms with van der Waals surface area (Å²) < 4.78 is 10.5. The van der Waals surface area contributed by atoms with Crippen molar-refractivity contribution >= 4 is 19.5 Å². The normalized spacial score (nSPS) is 12.9. The first kappa shape index (κ1) is 15.9. The van der Waals surface area contributed by atoms with E-state index in [-0.39, 0.29) is 5.96 Å². The van der Waals surface area contributed by atoms with Crippen molar-refractivity contribution in [3.63, 3.8) is 0 Å². The van der Waals surface area contributed by atoms with Crippen molar-refractivity contribution < 1.29 is 19.1 Å². The van der Waals surface area contributed by atoms with Crippen molar-refractivity contribution in [2.75, 3.05) is 12.8 Å². The quantitative estimate of drug-likeness (QED) is 0.129. The lowest BCUT2D eigenvalue weighted by atomic mass is 10.1. The highest BCUT2D eigenvalue weighted by atomic mass is 31.2. The molecular weight excluding hydrogens is 249 g/mol. The standard InChI is InChI=1S/C7H18N5O4P/c8-5(2-1-3-11-7(9)10)6(13)12-4-17(14,15)16/h5H,1-4,8H2,(H,12,13)(H4,9,10,11)(H2,14,15,16)/t5-/m0/s1. The topological polar surface area (TPSA) is 177 Å². The number of amides is 1. The lowest BCUT2D eigenvalue weighted by Crippen LogP contribution is -2.40. The van der Waals surface area contributed by atoms with Crippen LogP contribution >= 0.6 is 7.60 Å². The maximum atomic E-state index is 11.3. The van der Waals surface area contributed by atoms with Crippen molar-refractivity contribution in [3.8, 4) is 0 Å². The molecule has 9 N–H and O–H groups in total. The highest BCUT2D eigenvalue weighted by molar-refractivity contribution is 7.51. The van der Waals surface area contributed by atoms with Crippen molar-refractivity contribution in [1.82, 2.24) is 5.32 Å². The number of carbonyl (C=O) groups is 1. The van der Waals surface area contributed by atoms with Gasteiger partial charge in [0, 0.05) is 6.54 Å². The molecule has 0 unspecified atom stereocenters. The van der Waals surface area contributed by atoms with E-state index >= 15 is 0 Å². The minimum absolute atomic E-state index is 0.0375.